The Bertz CT molecular complexity index is 594. The van der Waals surface area contributed by atoms with Crippen LogP contribution >= 0.6 is 0 Å². The van der Waals surface area contributed by atoms with Crippen LogP contribution in [0.2, 0.25) is 0 Å². The highest BCUT2D eigenvalue weighted by molar-refractivity contribution is 8.00. The van der Waals surface area contributed by atoms with Crippen LogP contribution in [0.4, 0.5) is 0 Å². The van der Waals surface area contributed by atoms with E-state index in [1.807, 2.05) is 60.7 Å². The van der Waals surface area contributed by atoms with E-state index in [0.717, 1.165) is 11.1 Å². The first-order chi connectivity index (χ1) is 9.18. The Hall–Kier alpha value is -1.61. The lowest BCUT2D eigenvalue weighted by Crippen LogP contribution is -2.01. The first-order valence-corrected chi connectivity index (χ1v) is 8.09. The molecule has 3 heteroatoms. The lowest BCUT2D eigenvalue weighted by molar-refractivity contribution is 0.610. The molecule has 0 radical (unpaired) electrons. The molecule has 0 aliphatic carbocycles. The van der Waals surface area contributed by atoms with E-state index < -0.39 is 9.84 Å². The van der Waals surface area contributed by atoms with Crippen molar-refractivity contribution in [3.8, 4) is 0 Å². The van der Waals surface area contributed by atoms with Crippen molar-refractivity contribution in [2.75, 3.05) is 0 Å². The number of sulfone groups is 1. The van der Waals surface area contributed by atoms with Crippen LogP contribution in [0.1, 0.15) is 11.1 Å². The van der Waals surface area contributed by atoms with Crippen LogP contribution in [0, 0.1) is 0 Å². The van der Waals surface area contributed by atoms with Crippen molar-refractivity contribution in [1.29, 1.82) is 0 Å². The summed E-state index contributed by atoms with van der Waals surface area (Å²) in [6.45, 7) is 0. The van der Waals surface area contributed by atoms with Crippen molar-refractivity contribution in [1.82, 2.24) is 0 Å². The molecule has 1 aliphatic heterocycles. The molecule has 1 saturated heterocycles. The number of benzene rings is 2. The van der Waals surface area contributed by atoms with Crippen LogP contribution in [0.3, 0.4) is 0 Å². The van der Waals surface area contributed by atoms with Gasteiger partial charge in [0.15, 0.2) is 9.84 Å². The molecule has 2 aromatic carbocycles. The summed E-state index contributed by atoms with van der Waals surface area (Å²) in [6.07, 6.45) is 1.28. The van der Waals surface area contributed by atoms with Gasteiger partial charge in [0.25, 0.3) is 0 Å². The zero-order valence-electron chi connectivity index (χ0n) is 10.6. The van der Waals surface area contributed by atoms with Gasteiger partial charge in [-0.1, -0.05) is 60.7 Å². The van der Waals surface area contributed by atoms with E-state index in [-0.39, 0.29) is 10.5 Å². The first kappa shape index (κ1) is 12.4. The molecule has 0 spiro atoms. The second-order valence-electron chi connectivity index (χ2n) is 5.05. The third-order valence-corrected chi connectivity index (χ3v) is 6.11. The van der Waals surface area contributed by atoms with Gasteiger partial charge in [-0.25, -0.2) is 8.42 Å². The summed E-state index contributed by atoms with van der Waals surface area (Å²) in [5, 5.41) is -0.398. The molecule has 0 aromatic heterocycles. The van der Waals surface area contributed by atoms with E-state index >= 15 is 0 Å². The van der Waals surface area contributed by atoms with E-state index in [9.17, 15) is 8.42 Å². The molecule has 1 heterocycles. The molecule has 0 amide bonds. The maximum Gasteiger partial charge on any atom is 0.159 e. The van der Waals surface area contributed by atoms with Crippen molar-refractivity contribution in [3.05, 3.63) is 71.8 Å². The summed E-state index contributed by atoms with van der Waals surface area (Å²) in [6, 6.07) is 19.7. The number of rotatable bonds is 4. The fourth-order valence-corrected chi connectivity index (χ4v) is 4.65. The minimum absolute atomic E-state index is 0.199. The van der Waals surface area contributed by atoms with Gasteiger partial charge in [0.05, 0.1) is 10.5 Å². The molecular weight excluding hydrogens is 256 g/mol. The third-order valence-electron chi connectivity index (χ3n) is 3.74. The Kier molecular flexibility index (Phi) is 3.15. The second-order valence-corrected chi connectivity index (χ2v) is 7.43. The standard InChI is InChI=1S/C16H16O2S/c17-19(18)15(11-13-7-3-1-4-8-13)16(19)12-14-9-5-2-6-10-14/h1-10,15-16H,11-12H2/t15-,16+. The SMILES string of the molecule is O=S1(=O)[C@H](Cc2ccccc2)[C@@H]1Cc1ccccc1. The lowest BCUT2D eigenvalue weighted by atomic mass is 10.0. The van der Waals surface area contributed by atoms with Gasteiger partial charge in [-0.05, 0) is 24.0 Å². The van der Waals surface area contributed by atoms with Gasteiger partial charge in [-0.3, -0.25) is 0 Å². The van der Waals surface area contributed by atoms with Crippen LogP contribution in [0.25, 0.3) is 0 Å². The van der Waals surface area contributed by atoms with Crippen LogP contribution in [-0.2, 0) is 22.7 Å². The third kappa shape index (κ3) is 2.56. The number of hydrogen-bond acceptors (Lipinski definition) is 2. The molecule has 2 aromatic rings. The van der Waals surface area contributed by atoms with Gasteiger partial charge in [0.2, 0.25) is 0 Å². The maximum absolute atomic E-state index is 12.0. The molecule has 0 unspecified atom stereocenters. The smallest absolute Gasteiger partial charge is 0.159 e. The van der Waals surface area contributed by atoms with Gasteiger partial charge in [0.1, 0.15) is 0 Å². The van der Waals surface area contributed by atoms with Crippen molar-refractivity contribution < 1.29 is 8.42 Å². The Morgan fingerprint density at radius 2 is 1.05 bits per heavy atom. The molecule has 98 valence electrons. The quantitative estimate of drug-likeness (QED) is 0.802. The predicted octanol–water partition coefficient (Wildman–Crippen LogP) is 2.64. The zero-order valence-corrected chi connectivity index (χ0v) is 11.4. The van der Waals surface area contributed by atoms with Crippen molar-refractivity contribution in [3.63, 3.8) is 0 Å². The largest absolute Gasteiger partial charge is 0.228 e. The molecule has 1 aliphatic rings. The Morgan fingerprint density at radius 1 is 0.684 bits per heavy atom. The van der Waals surface area contributed by atoms with Gasteiger partial charge < -0.3 is 0 Å². The lowest BCUT2D eigenvalue weighted by Gasteiger charge is -1.98. The fourth-order valence-electron chi connectivity index (χ4n) is 2.57. The highest BCUT2D eigenvalue weighted by Crippen LogP contribution is 2.37. The van der Waals surface area contributed by atoms with Crippen LogP contribution < -0.4 is 0 Å². The summed E-state index contributed by atoms with van der Waals surface area (Å²) < 4.78 is 24.0. The second kappa shape index (κ2) is 4.82. The Balaban J connectivity index is 1.71. The van der Waals surface area contributed by atoms with Crippen molar-refractivity contribution in [2.24, 2.45) is 0 Å². The number of hydrogen-bond donors (Lipinski definition) is 0. The van der Waals surface area contributed by atoms with Gasteiger partial charge in [-0.15, -0.1) is 0 Å². The molecule has 1 fully saturated rings. The van der Waals surface area contributed by atoms with Crippen LogP contribution in [0.5, 0.6) is 0 Å². The van der Waals surface area contributed by atoms with E-state index in [2.05, 4.69) is 0 Å². The van der Waals surface area contributed by atoms with Crippen LogP contribution in [0.15, 0.2) is 60.7 Å². The van der Waals surface area contributed by atoms with E-state index in [1.54, 1.807) is 0 Å². The highest BCUT2D eigenvalue weighted by atomic mass is 32.2. The summed E-state index contributed by atoms with van der Waals surface area (Å²) in [4.78, 5) is 0. The molecule has 2 nitrogen and oxygen atoms in total. The minimum atomic E-state index is -2.89. The monoisotopic (exact) mass is 272 g/mol. The predicted molar refractivity (Wildman–Crippen MR) is 76.8 cm³/mol. The van der Waals surface area contributed by atoms with E-state index in [4.69, 9.17) is 0 Å². The van der Waals surface area contributed by atoms with Gasteiger partial charge in [-0.2, -0.15) is 0 Å². The molecule has 19 heavy (non-hydrogen) atoms. The highest BCUT2D eigenvalue weighted by Gasteiger charge is 2.56. The average Bonchev–Trinajstić information content (AvgIpc) is 2.93. The van der Waals surface area contributed by atoms with Gasteiger partial charge in [0, 0.05) is 0 Å². The van der Waals surface area contributed by atoms with Crippen molar-refractivity contribution >= 4 is 9.84 Å². The summed E-state index contributed by atoms with van der Waals surface area (Å²) in [5.74, 6) is 0. The summed E-state index contributed by atoms with van der Waals surface area (Å²) in [7, 11) is -2.89. The molecule has 3 rings (SSSR count). The molecule has 0 N–H and O–H groups in total. The molecular formula is C16H16O2S. The minimum Gasteiger partial charge on any atom is -0.228 e. The molecule has 0 bridgehead atoms. The normalized spacial score (nSPS) is 24.0. The Morgan fingerprint density at radius 3 is 1.42 bits per heavy atom. The molecule has 2 atom stereocenters. The zero-order chi connectivity index (χ0) is 13.3. The topological polar surface area (TPSA) is 34.1 Å². The van der Waals surface area contributed by atoms with Gasteiger partial charge >= 0.3 is 0 Å². The van der Waals surface area contributed by atoms with Crippen molar-refractivity contribution in [2.45, 2.75) is 23.3 Å². The first-order valence-electron chi connectivity index (χ1n) is 6.48. The average molecular weight is 272 g/mol. The van der Waals surface area contributed by atoms with E-state index in [0.29, 0.717) is 12.8 Å². The summed E-state index contributed by atoms with van der Waals surface area (Å²) in [5.41, 5.74) is 2.21. The van der Waals surface area contributed by atoms with E-state index in [1.165, 1.54) is 0 Å². The fraction of sp³-hybridized carbons (Fsp3) is 0.250. The summed E-state index contributed by atoms with van der Waals surface area (Å²) >= 11 is 0. The Labute approximate surface area is 114 Å². The maximum atomic E-state index is 12.0. The molecule has 0 saturated carbocycles. The van der Waals surface area contributed by atoms with Crippen LogP contribution in [-0.4, -0.2) is 18.9 Å².